The van der Waals surface area contributed by atoms with Gasteiger partial charge in [0.2, 0.25) is 5.75 Å². The van der Waals surface area contributed by atoms with Crippen molar-refractivity contribution in [2.75, 3.05) is 7.11 Å². The molecule has 0 saturated heterocycles. The monoisotopic (exact) mass is 306 g/mol. The van der Waals surface area contributed by atoms with Crippen LogP contribution in [0.2, 0.25) is 0 Å². The fraction of sp³-hybridized carbons (Fsp3) is 0.214. The Kier molecular flexibility index (Phi) is 3.01. The molecular weight excluding hydrogens is 296 g/mol. The molecule has 1 aromatic carbocycles. The summed E-state index contributed by atoms with van der Waals surface area (Å²) in [6.07, 6.45) is -0.358. The van der Waals surface area contributed by atoms with Gasteiger partial charge in [0.25, 0.3) is 0 Å². The second kappa shape index (κ2) is 4.76. The first-order chi connectivity index (χ1) is 10.4. The standard InChI is InChI=1S/C14H10O8/c1-20-9(16)3-5-7-4-21-13(18)6-2-8(15)11(17)12(10(6)7)22-14(5)19/h2,15,17H,3-4H2,1H3. The number of cyclic esters (lactones) is 1. The van der Waals surface area contributed by atoms with Crippen LogP contribution >= 0.6 is 0 Å². The van der Waals surface area contributed by atoms with Crippen LogP contribution in [0.1, 0.15) is 21.5 Å². The van der Waals surface area contributed by atoms with E-state index >= 15 is 0 Å². The Morgan fingerprint density at radius 1 is 1.36 bits per heavy atom. The summed E-state index contributed by atoms with van der Waals surface area (Å²) in [4.78, 5) is 35.2. The smallest absolute Gasteiger partial charge is 0.340 e. The number of aromatic hydroxyl groups is 2. The van der Waals surface area contributed by atoms with Gasteiger partial charge in [-0.25, -0.2) is 9.59 Å². The van der Waals surface area contributed by atoms with Gasteiger partial charge >= 0.3 is 17.6 Å². The molecule has 0 spiro atoms. The highest BCUT2D eigenvalue weighted by Gasteiger charge is 2.30. The Morgan fingerprint density at radius 2 is 2.09 bits per heavy atom. The number of phenolic OH excluding ortho intramolecular Hbond substituents is 2. The predicted molar refractivity (Wildman–Crippen MR) is 70.7 cm³/mol. The van der Waals surface area contributed by atoms with Crippen molar-refractivity contribution in [1.29, 1.82) is 0 Å². The Bertz CT molecular complexity index is 877. The fourth-order valence-electron chi connectivity index (χ4n) is 2.39. The molecule has 1 aromatic heterocycles. The Hall–Kier alpha value is -3.03. The zero-order valence-electron chi connectivity index (χ0n) is 11.3. The van der Waals surface area contributed by atoms with Gasteiger partial charge in [-0.2, -0.15) is 0 Å². The van der Waals surface area contributed by atoms with Gasteiger partial charge in [-0.05, 0) is 6.07 Å². The van der Waals surface area contributed by atoms with E-state index in [0.717, 1.165) is 6.07 Å². The van der Waals surface area contributed by atoms with Gasteiger partial charge in [0, 0.05) is 10.9 Å². The van der Waals surface area contributed by atoms with Crippen molar-refractivity contribution >= 4 is 22.9 Å². The molecule has 0 bridgehead atoms. The Morgan fingerprint density at radius 3 is 2.77 bits per heavy atom. The van der Waals surface area contributed by atoms with Gasteiger partial charge in [0.05, 0.1) is 24.7 Å². The highest BCUT2D eigenvalue weighted by Crippen LogP contribution is 2.40. The van der Waals surface area contributed by atoms with Crippen molar-refractivity contribution in [2.45, 2.75) is 13.0 Å². The Labute approximate surface area is 122 Å². The zero-order chi connectivity index (χ0) is 16.0. The maximum atomic E-state index is 12.0. The predicted octanol–water partition coefficient (Wildman–Crippen LogP) is 0.590. The molecule has 0 fully saturated rings. The molecule has 2 heterocycles. The molecule has 1 aliphatic heterocycles. The van der Waals surface area contributed by atoms with Gasteiger partial charge < -0.3 is 24.1 Å². The third kappa shape index (κ3) is 1.88. The second-order valence-corrected chi connectivity index (χ2v) is 4.67. The molecule has 2 N–H and O–H groups in total. The largest absolute Gasteiger partial charge is 0.504 e. The number of benzene rings is 1. The number of hydrogen-bond acceptors (Lipinski definition) is 8. The van der Waals surface area contributed by atoms with Gasteiger partial charge in [-0.15, -0.1) is 0 Å². The van der Waals surface area contributed by atoms with Crippen LogP contribution in [-0.2, 0) is 27.3 Å². The van der Waals surface area contributed by atoms with E-state index in [1.165, 1.54) is 7.11 Å². The number of phenols is 2. The van der Waals surface area contributed by atoms with E-state index in [1.54, 1.807) is 0 Å². The molecule has 0 unspecified atom stereocenters. The number of rotatable bonds is 2. The van der Waals surface area contributed by atoms with Crippen LogP contribution in [0.5, 0.6) is 11.5 Å². The zero-order valence-corrected chi connectivity index (χ0v) is 11.3. The van der Waals surface area contributed by atoms with Gasteiger partial charge in [-0.1, -0.05) is 0 Å². The minimum Gasteiger partial charge on any atom is -0.504 e. The molecule has 0 aliphatic carbocycles. The molecule has 22 heavy (non-hydrogen) atoms. The van der Waals surface area contributed by atoms with Crippen LogP contribution in [0.4, 0.5) is 0 Å². The minimum atomic E-state index is -0.877. The van der Waals surface area contributed by atoms with Crippen LogP contribution in [0, 0.1) is 0 Å². The summed E-state index contributed by atoms with van der Waals surface area (Å²) in [6, 6.07) is 1.02. The molecular formula is C14H10O8. The highest BCUT2D eigenvalue weighted by molar-refractivity contribution is 6.08. The fourth-order valence-corrected chi connectivity index (χ4v) is 2.39. The number of carbonyl (C=O) groups is 2. The van der Waals surface area contributed by atoms with Gasteiger partial charge in [0.15, 0.2) is 11.3 Å². The second-order valence-electron chi connectivity index (χ2n) is 4.67. The lowest BCUT2D eigenvalue weighted by atomic mass is 9.96. The number of ether oxygens (including phenoxy) is 2. The van der Waals surface area contributed by atoms with E-state index in [4.69, 9.17) is 9.15 Å². The van der Waals surface area contributed by atoms with E-state index in [9.17, 15) is 24.6 Å². The van der Waals surface area contributed by atoms with E-state index < -0.39 is 29.1 Å². The molecule has 3 rings (SSSR count). The molecule has 0 saturated carbocycles. The maximum Gasteiger partial charge on any atom is 0.340 e. The van der Waals surface area contributed by atoms with Gasteiger partial charge in [-0.3, -0.25) is 4.79 Å². The molecule has 0 atom stereocenters. The summed E-state index contributed by atoms with van der Waals surface area (Å²) in [5, 5.41) is 19.6. The van der Waals surface area contributed by atoms with Crippen molar-refractivity contribution in [2.24, 2.45) is 0 Å². The van der Waals surface area contributed by atoms with E-state index in [0.29, 0.717) is 0 Å². The average Bonchev–Trinajstić information content (AvgIpc) is 2.49. The lowest BCUT2D eigenvalue weighted by Crippen LogP contribution is -2.22. The molecule has 8 heteroatoms. The first kappa shape index (κ1) is 13.9. The first-order valence-corrected chi connectivity index (χ1v) is 6.21. The molecule has 8 nitrogen and oxygen atoms in total. The average molecular weight is 306 g/mol. The molecule has 114 valence electrons. The van der Waals surface area contributed by atoms with Crippen LogP contribution in [-0.4, -0.2) is 29.3 Å². The lowest BCUT2D eigenvalue weighted by molar-refractivity contribution is -0.139. The van der Waals surface area contributed by atoms with Crippen LogP contribution < -0.4 is 5.63 Å². The topological polar surface area (TPSA) is 123 Å². The van der Waals surface area contributed by atoms with Crippen molar-refractivity contribution < 1.29 is 33.7 Å². The first-order valence-electron chi connectivity index (χ1n) is 6.21. The van der Waals surface area contributed by atoms with Crippen molar-refractivity contribution in [3.05, 3.63) is 33.2 Å². The third-order valence-electron chi connectivity index (χ3n) is 3.46. The quantitative estimate of drug-likeness (QED) is 0.469. The Balaban J connectivity index is 2.41. The lowest BCUT2D eigenvalue weighted by Gasteiger charge is -2.19. The third-order valence-corrected chi connectivity index (χ3v) is 3.46. The summed E-state index contributed by atoms with van der Waals surface area (Å²) >= 11 is 0. The summed E-state index contributed by atoms with van der Waals surface area (Å²) in [6.45, 7) is -0.246. The van der Waals surface area contributed by atoms with Crippen LogP contribution in [0.25, 0.3) is 11.0 Å². The number of esters is 2. The number of carbonyl (C=O) groups excluding carboxylic acids is 2. The highest BCUT2D eigenvalue weighted by atomic mass is 16.5. The molecule has 0 amide bonds. The molecule has 2 aromatic rings. The van der Waals surface area contributed by atoms with Gasteiger partial charge in [0.1, 0.15) is 6.61 Å². The van der Waals surface area contributed by atoms with Crippen molar-refractivity contribution in [1.82, 2.24) is 0 Å². The van der Waals surface area contributed by atoms with E-state index in [2.05, 4.69) is 4.74 Å². The summed E-state index contributed by atoms with van der Waals surface area (Å²) < 4.78 is 14.4. The van der Waals surface area contributed by atoms with E-state index in [1.807, 2.05) is 0 Å². The maximum absolute atomic E-state index is 12.0. The van der Waals surface area contributed by atoms with Crippen molar-refractivity contribution in [3.8, 4) is 11.5 Å². The van der Waals surface area contributed by atoms with E-state index in [-0.39, 0.29) is 40.7 Å². The summed E-state index contributed by atoms with van der Waals surface area (Å²) in [7, 11) is 1.17. The summed E-state index contributed by atoms with van der Waals surface area (Å²) in [5.74, 6) is -2.66. The molecule has 1 aliphatic rings. The normalized spacial score (nSPS) is 13.0. The number of methoxy groups -OCH3 is 1. The summed E-state index contributed by atoms with van der Waals surface area (Å²) in [5.41, 5.74) is -1.01. The molecule has 0 radical (unpaired) electrons. The SMILES string of the molecule is COC(=O)Cc1c2c3c(cc(O)c(O)c3oc1=O)C(=O)OC2. The van der Waals surface area contributed by atoms with Crippen LogP contribution in [0.15, 0.2) is 15.3 Å². The van der Waals surface area contributed by atoms with Crippen molar-refractivity contribution in [3.63, 3.8) is 0 Å². The van der Waals surface area contributed by atoms with Crippen LogP contribution in [0.3, 0.4) is 0 Å². The number of hydrogen-bond donors (Lipinski definition) is 2. The minimum absolute atomic E-state index is 0.0156.